The van der Waals surface area contributed by atoms with E-state index in [0.717, 1.165) is 36.0 Å². The molecule has 1 aromatic carbocycles. The van der Waals surface area contributed by atoms with Gasteiger partial charge in [0.25, 0.3) is 11.5 Å². The molecule has 2 aromatic heterocycles. The number of carbonyl (C=O) groups excluding carboxylic acids is 1. The molecular formula is C18H17N3O2S. The summed E-state index contributed by atoms with van der Waals surface area (Å²) in [6, 6.07) is 7.87. The number of nitrogens with zero attached hydrogens (tertiary/aromatic N) is 1. The molecule has 0 saturated carbocycles. The highest BCUT2D eigenvalue weighted by atomic mass is 32.1. The summed E-state index contributed by atoms with van der Waals surface area (Å²) in [5, 5.41) is 3.50. The Morgan fingerprint density at radius 1 is 1.33 bits per heavy atom. The van der Waals surface area contributed by atoms with Crippen LogP contribution in [0, 0.1) is 6.92 Å². The SMILES string of the molecule is Cc1ccccc1CNC(=O)c1nc2sc3c(c2c(=O)[nH]1)CCC3. The second-order valence-corrected chi connectivity index (χ2v) is 7.14. The van der Waals surface area contributed by atoms with Crippen molar-refractivity contribution in [1.82, 2.24) is 15.3 Å². The zero-order chi connectivity index (χ0) is 16.7. The molecule has 0 fully saturated rings. The average Bonchev–Trinajstić information content (AvgIpc) is 3.14. The Labute approximate surface area is 142 Å². The molecule has 0 atom stereocenters. The topological polar surface area (TPSA) is 74.8 Å². The molecule has 24 heavy (non-hydrogen) atoms. The number of rotatable bonds is 3. The average molecular weight is 339 g/mol. The summed E-state index contributed by atoms with van der Waals surface area (Å²) in [7, 11) is 0. The van der Waals surface area contributed by atoms with Gasteiger partial charge in [-0.2, -0.15) is 0 Å². The van der Waals surface area contributed by atoms with Crippen molar-refractivity contribution in [3.63, 3.8) is 0 Å². The minimum atomic E-state index is -0.356. The quantitative estimate of drug-likeness (QED) is 0.770. The van der Waals surface area contributed by atoms with E-state index >= 15 is 0 Å². The molecule has 0 aliphatic heterocycles. The summed E-state index contributed by atoms with van der Waals surface area (Å²) in [6.45, 7) is 2.41. The van der Waals surface area contributed by atoms with Crippen LogP contribution in [0.1, 0.15) is 38.6 Å². The molecule has 4 rings (SSSR count). The molecule has 2 heterocycles. The van der Waals surface area contributed by atoms with E-state index in [1.54, 1.807) is 0 Å². The summed E-state index contributed by atoms with van der Waals surface area (Å²) in [4.78, 5) is 33.7. The fourth-order valence-electron chi connectivity index (χ4n) is 3.18. The van der Waals surface area contributed by atoms with Crippen molar-refractivity contribution in [2.75, 3.05) is 0 Å². The third kappa shape index (κ3) is 2.53. The van der Waals surface area contributed by atoms with Crippen molar-refractivity contribution < 1.29 is 4.79 Å². The van der Waals surface area contributed by atoms with Gasteiger partial charge in [-0.25, -0.2) is 4.98 Å². The molecule has 0 bridgehead atoms. The van der Waals surface area contributed by atoms with Crippen LogP contribution in [-0.2, 0) is 19.4 Å². The van der Waals surface area contributed by atoms with E-state index in [1.807, 2.05) is 31.2 Å². The Bertz CT molecular complexity index is 1000. The van der Waals surface area contributed by atoms with Gasteiger partial charge in [-0.05, 0) is 42.9 Å². The molecule has 2 N–H and O–H groups in total. The molecule has 5 nitrogen and oxygen atoms in total. The molecule has 1 aliphatic carbocycles. The van der Waals surface area contributed by atoms with Gasteiger partial charge in [0.2, 0.25) is 5.82 Å². The minimum Gasteiger partial charge on any atom is -0.345 e. The van der Waals surface area contributed by atoms with Crippen LogP contribution in [0.25, 0.3) is 10.2 Å². The van der Waals surface area contributed by atoms with Crippen molar-refractivity contribution in [3.05, 3.63) is 62.0 Å². The third-order valence-electron chi connectivity index (χ3n) is 4.49. The predicted octanol–water partition coefficient (Wildman–Crippen LogP) is 2.71. The first-order valence-corrected chi connectivity index (χ1v) is 8.82. The van der Waals surface area contributed by atoms with Crippen LogP contribution in [0.15, 0.2) is 29.1 Å². The Balaban J connectivity index is 1.61. The Morgan fingerprint density at radius 2 is 2.17 bits per heavy atom. The number of hydrogen-bond acceptors (Lipinski definition) is 4. The van der Waals surface area contributed by atoms with E-state index < -0.39 is 0 Å². The largest absolute Gasteiger partial charge is 0.345 e. The van der Waals surface area contributed by atoms with Crippen molar-refractivity contribution in [1.29, 1.82) is 0 Å². The van der Waals surface area contributed by atoms with Gasteiger partial charge in [0, 0.05) is 11.4 Å². The van der Waals surface area contributed by atoms with Crippen LogP contribution in [0.2, 0.25) is 0 Å². The number of fused-ring (bicyclic) bond motifs is 3. The molecule has 0 unspecified atom stereocenters. The number of aromatic amines is 1. The summed E-state index contributed by atoms with van der Waals surface area (Å²) in [5.74, 6) is -0.271. The lowest BCUT2D eigenvalue weighted by Gasteiger charge is -2.07. The Kier molecular flexibility index (Phi) is 3.69. The van der Waals surface area contributed by atoms with Crippen LogP contribution < -0.4 is 10.9 Å². The lowest BCUT2D eigenvalue weighted by Crippen LogP contribution is -2.27. The van der Waals surface area contributed by atoms with Crippen LogP contribution in [0.3, 0.4) is 0 Å². The van der Waals surface area contributed by atoms with E-state index in [9.17, 15) is 9.59 Å². The molecule has 122 valence electrons. The van der Waals surface area contributed by atoms with Crippen LogP contribution in [-0.4, -0.2) is 15.9 Å². The standard InChI is InChI=1S/C18H17N3O2S/c1-10-5-2-3-6-11(10)9-19-17(23)15-20-16(22)14-12-7-4-8-13(12)24-18(14)21-15/h2-3,5-6H,4,7-9H2,1H3,(H,19,23)(H,20,21,22). The van der Waals surface area contributed by atoms with Gasteiger partial charge < -0.3 is 10.3 Å². The normalized spacial score (nSPS) is 13.2. The fraction of sp³-hybridized carbons (Fsp3) is 0.278. The maximum absolute atomic E-state index is 12.4. The van der Waals surface area contributed by atoms with Crippen LogP contribution in [0.4, 0.5) is 0 Å². The molecule has 0 radical (unpaired) electrons. The van der Waals surface area contributed by atoms with E-state index in [2.05, 4.69) is 15.3 Å². The zero-order valence-corrected chi connectivity index (χ0v) is 14.1. The number of benzene rings is 1. The smallest absolute Gasteiger partial charge is 0.287 e. The van der Waals surface area contributed by atoms with Crippen LogP contribution >= 0.6 is 11.3 Å². The maximum atomic E-state index is 12.4. The van der Waals surface area contributed by atoms with Crippen molar-refractivity contribution in [2.45, 2.75) is 32.7 Å². The van der Waals surface area contributed by atoms with Gasteiger partial charge in [-0.1, -0.05) is 24.3 Å². The maximum Gasteiger partial charge on any atom is 0.287 e. The van der Waals surface area contributed by atoms with E-state index in [-0.39, 0.29) is 17.3 Å². The number of aromatic nitrogens is 2. The van der Waals surface area contributed by atoms with Crippen molar-refractivity contribution in [3.8, 4) is 0 Å². The lowest BCUT2D eigenvalue weighted by molar-refractivity contribution is 0.0940. The highest BCUT2D eigenvalue weighted by molar-refractivity contribution is 7.18. The summed E-state index contributed by atoms with van der Waals surface area (Å²) < 4.78 is 0. The van der Waals surface area contributed by atoms with Crippen molar-refractivity contribution >= 4 is 27.5 Å². The number of carbonyl (C=O) groups is 1. The van der Waals surface area contributed by atoms with Gasteiger partial charge in [-0.3, -0.25) is 9.59 Å². The first-order valence-electron chi connectivity index (χ1n) is 8.01. The third-order valence-corrected chi connectivity index (χ3v) is 5.68. The van der Waals surface area contributed by atoms with Gasteiger partial charge in [0.15, 0.2) is 0 Å². The summed E-state index contributed by atoms with van der Waals surface area (Å²) in [6.07, 6.45) is 3.03. The second-order valence-electron chi connectivity index (χ2n) is 6.06. The van der Waals surface area contributed by atoms with Crippen LogP contribution in [0.5, 0.6) is 0 Å². The highest BCUT2D eigenvalue weighted by Crippen LogP contribution is 2.34. The highest BCUT2D eigenvalue weighted by Gasteiger charge is 2.22. The summed E-state index contributed by atoms with van der Waals surface area (Å²) >= 11 is 1.54. The number of thiophene rings is 1. The molecule has 6 heteroatoms. The Hall–Kier alpha value is -2.47. The number of nitrogens with one attached hydrogen (secondary N) is 2. The second kappa shape index (κ2) is 5.87. The van der Waals surface area contributed by atoms with Crippen molar-refractivity contribution in [2.24, 2.45) is 0 Å². The molecule has 0 spiro atoms. The molecule has 1 aliphatic rings. The molecule has 1 amide bonds. The molecule has 0 saturated heterocycles. The van der Waals surface area contributed by atoms with Gasteiger partial charge in [0.1, 0.15) is 4.83 Å². The number of amides is 1. The van der Waals surface area contributed by atoms with Gasteiger partial charge in [0.05, 0.1) is 5.39 Å². The monoisotopic (exact) mass is 339 g/mol. The fourth-order valence-corrected chi connectivity index (χ4v) is 4.44. The van der Waals surface area contributed by atoms with E-state index in [0.29, 0.717) is 16.8 Å². The Morgan fingerprint density at radius 3 is 3.00 bits per heavy atom. The first kappa shape index (κ1) is 15.1. The number of hydrogen-bond donors (Lipinski definition) is 2. The minimum absolute atomic E-state index is 0.0843. The van der Waals surface area contributed by atoms with Gasteiger partial charge in [-0.15, -0.1) is 11.3 Å². The summed E-state index contributed by atoms with van der Waals surface area (Å²) in [5.41, 5.74) is 3.07. The predicted molar refractivity (Wildman–Crippen MR) is 94.6 cm³/mol. The van der Waals surface area contributed by atoms with E-state index in [4.69, 9.17) is 0 Å². The van der Waals surface area contributed by atoms with Gasteiger partial charge >= 0.3 is 0 Å². The zero-order valence-electron chi connectivity index (χ0n) is 13.3. The lowest BCUT2D eigenvalue weighted by atomic mass is 10.1. The number of aryl methyl sites for hydroxylation is 3. The van der Waals surface area contributed by atoms with E-state index in [1.165, 1.54) is 16.2 Å². The first-order chi connectivity index (χ1) is 11.6. The molecule has 3 aromatic rings. The number of H-pyrrole nitrogens is 1. The molecular weight excluding hydrogens is 322 g/mol.